The standard InChI is InChI=1S/C17H19NO2/c1-3-20-16-12-8-7-11-15(16)18-17(19)13(2)14-9-5-4-6-10-14/h4-13H,3H2,1-2H3,(H,18,19)/t13-/m1/s1. The first-order valence-corrected chi connectivity index (χ1v) is 6.80. The number of hydrogen-bond acceptors (Lipinski definition) is 2. The number of anilines is 1. The number of carbonyl (C=O) groups excluding carboxylic acids is 1. The Labute approximate surface area is 119 Å². The predicted octanol–water partition coefficient (Wildman–Crippen LogP) is 3.83. The van der Waals surface area contributed by atoms with E-state index in [-0.39, 0.29) is 11.8 Å². The molecular weight excluding hydrogens is 250 g/mol. The normalized spacial score (nSPS) is 11.7. The summed E-state index contributed by atoms with van der Waals surface area (Å²) in [6.07, 6.45) is 0. The minimum atomic E-state index is -0.203. The number of amides is 1. The Morgan fingerprint density at radius 2 is 1.75 bits per heavy atom. The Bertz CT molecular complexity index is 566. The molecule has 0 aliphatic carbocycles. The van der Waals surface area contributed by atoms with Crippen molar-refractivity contribution in [2.24, 2.45) is 0 Å². The van der Waals surface area contributed by atoms with Crippen LogP contribution in [0.1, 0.15) is 25.3 Å². The summed E-state index contributed by atoms with van der Waals surface area (Å²) in [7, 11) is 0. The van der Waals surface area contributed by atoms with Gasteiger partial charge in [0.15, 0.2) is 0 Å². The predicted molar refractivity (Wildman–Crippen MR) is 81.1 cm³/mol. The molecule has 0 aromatic heterocycles. The highest BCUT2D eigenvalue weighted by molar-refractivity contribution is 5.96. The molecule has 1 N–H and O–H groups in total. The molecule has 2 rings (SSSR count). The summed E-state index contributed by atoms with van der Waals surface area (Å²) in [5, 5.41) is 2.93. The van der Waals surface area contributed by atoms with Gasteiger partial charge in [-0.1, -0.05) is 42.5 Å². The van der Waals surface area contributed by atoms with Crippen LogP contribution in [0.15, 0.2) is 54.6 Å². The lowest BCUT2D eigenvalue weighted by Crippen LogP contribution is -2.19. The van der Waals surface area contributed by atoms with Crippen LogP contribution in [0.4, 0.5) is 5.69 Å². The third-order valence-corrected chi connectivity index (χ3v) is 3.14. The molecule has 3 nitrogen and oxygen atoms in total. The monoisotopic (exact) mass is 269 g/mol. The van der Waals surface area contributed by atoms with Gasteiger partial charge in [0, 0.05) is 0 Å². The Hall–Kier alpha value is -2.29. The molecule has 0 saturated carbocycles. The number of benzene rings is 2. The van der Waals surface area contributed by atoms with Crippen molar-refractivity contribution in [3.05, 3.63) is 60.2 Å². The van der Waals surface area contributed by atoms with Crippen LogP contribution in [0.2, 0.25) is 0 Å². The average Bonchev–Trinajstić information content (AvgIpc) is 2.49. The summed E-state index contributed by atoms with van der Waals surface area (Å²) in [6, 6.07) is 17.2. The molecule has 20 heavy (non-hydrogen) atoms. The van der Waals surface area contributed by atoms with E-state index in [0.29, 0.717) is 18.0 Å². The maximum Gasteiger partial charge on any atom is 0.231 e. The Kier molecular flexibility index (Phi) is 4.77. The zero-order valence-corrected chi connectivity index (χ0v) is 11.8. The van der Waals surface area contributed by atoms with E-state index in [9.17, 15) is 4.79 Å². The molecule has 0 aliphatic heterocycles. The molecule has 1 atom stereocenters. The maximum atomic E-state index is 12.3. The summed E-state index contributed by atoms with van der Waals surface area (Å²) in [4.78, 5) is 12.3. The van der Waals surface area contributed by atoms with E-state index in [2.05, 4.69) is 5.32 Å². The molecule has 0 aliphatic rings. The van der Waals surface area contributed by atoms with Gasteiger partial charge in [-0.25, -0.2) is 0 Å². The second-order valence-corrected chi connectivity index (χ2v) is 4.55. The van der Waals surface area contributed by atoms with Crippen molar-refractivity contribution in [2.45, 2.75) is 19.8 Å². The van der Waals surface area contributed by atoms with Crippen molar-refractivity contribution in [3.63, 3.8) is 0 Å². The van der Waals surface area contributed by atoms with E-state index in [1.54, 1.807) is 0 Å². The van der Waals surface area contributed by atoms with E-state index in [1.807, 2.05) is 68.4 Å². The van der Waals surface area contributed by atoms with Crippen LogP contribution < -0.4 is 10.1 Å². The molecule has 2 aromatic rings. The summed E-state index contributed by atoms with van der Waals surface area (Å²) < 4.78 is 5.51. The average molecular weight is 269 g/mol. The molecule has 2 aromatic carbocycles. The highest BCUT2D eigenvalue weighted by Gasteiger charge is 2.16. The van der Waals surface area contributed by atoms with Gasteiger partial charge in [0.25, 0.3) is 0 Å². The van der Waals surface area contributed by atoms with Crippen LogP contribution in [0.25, 0.3) is 0 Å². The molecule has 1 amide bonds. The molecule has 0 saturated heterocycles. The lowest BCUT2D eigenvalue weighted by Gasteiger charge is -2.15. The minimum absolute atomic E-state index is 0.0386. The van der Waals surface area contributed by atoms with Crippen LogP contribution in [-0.4, -0.2) is 12.5 Å². The van der Waals surface area contributed by atoms with E-state index < -0.39 is 0 Å². The molecule has 0 bridgehead atoms. The number of para-hydroxylation sites is 2. The summed E-state index contributed by atoms with van der Waals surface area (Å²) in [5.74, 6) is 0.456. The van der Waals surface area contributed by atoms with Crippen molar-refractivity contribution >= 4 is 11.6 Å². The Morgan fingerprint density at radius 3 is 2.45 bits per heavy atom. The van der Waals surface area contributed by atoms with Gasteiger partial charge in [-0.3, -0.25) is 4.79 Å². The fourth-order valence-corrected chi connectivity index (χ4v) is 1.99. The van der Waals surface area contributed by atoms with Crippen molar-refractivity contribution in [1.29, 1.82) is 0 Å². The van der Waals surface area contributed by atoms with Crippen molar-refractivity contribution in [1.82, 2.24) is 0 Å². The van der Waals surface area contributed by atoms with E-state index in [4.69, 9.17) is 4.74 Å². The largest absolute Gasteiger partial charge is 0.492 e. The van der Waals surface area contributed by atoms with Gasteiger partial charge in [0.2, 0.25) is 5.91 Å². The Morgan fingerprint density at radius 1 is 1.10 bits per heavy atom. The van der Waals surface area contributed by atoms with Crippen molar-refractivity contribution in [2.75, 3.05) is 11.9 Å². The molecule has 0 unspecified atom stereocenters. The second kappa shape index (κ2) is 6.75. The van der Waals surface area contributed by atoms with Gasteiger partial charge in [0.1, 0.15) is 5.75 Å². The fraction of sp³-hybridized carbons (Fsp3) is 0.235. The zero-order chi connectivity index (χ0) is 14.4. The van der Waals surface area contributed by atoms with Gasteiger partial charge in [-0.2, -0.15) is 0 Å². The first kappa shape index (κ1) is 14.1. The topological polar surface area (TPSA) is 38.3 Å². The second-order valence-electron chi connectivity index (χ2n) is 4.55. The third kappa shape index (κ3) is 3.38. The first-order valence-electron chi connectivity index (χ1n) is 6.80. The molecule has 3 heteroatoms. The third-order valence-electron chi connectivity index (χ3n) is 3.14. The van der Waals surface area contributed by atoms with Gasteiger partial charge >= 0.3 is 0 Å². The van der Waals surface area contributed by atoms with Gasteiger partial charge in [-0.15, -0.1) is 0 Å². The van der Waals surface area contributed by atoms with Crippen LogP contribution in [0.3, 0.4) is 0 Å². The highest BCUT2D eigenvalue weighted by atomic mass is 16.5. The molecular formula is C17H19NO2. The highest BCUT2D eigenvalue weighted by Crippen LogP contribution is 2.25. The van der Waals surface area contributed by atoms with Crippen LogP contribution in [0.5, 0.6) is 5.75 Å². The Balaban J connectivity index is 2.12. The van der Waals surface area contributed by atoms with Crippen LogP contribution in [0, 0.1) is 0 Å². The van der Waals surface area contributed by atoms with Crippen molar-refractivity contribution in [3.8, 4) is 5.75 Å². The van der Waals surface area contributed by atoms with E-state index in [1.165, 1.54) is 0 Å². The number of carbonyl (C=O) groups is 1. The maximum absolute atomic E-state index is 12.3. The van der Waals surface area contributed by atoms with Crippen molar-refractivity contribution < 1.29 is 9.53 Å². The molecule has 0 spiro atoms. The van der Waals surface area contributed by atoms with Gasteiger partial charge in [0.05, 0.1) is 18.2 Å². The minimum Gasteiger partial charge on any atom is -0.492 e. The number of hydrogen-bond donors (Lipinski definition) is 1. The first-order chi connectivity index (χ1) is 9.72. The lowest BCUT2D eigenvalue weighted by atomic mass is 10.0. The SMILES string of the molecule is CCOc1ccccc1NC(=O)[C@H](C)c1ccccc1. The summed E-state index contributed by atoms with van der Waals surface area (Å²) in [6.45, 7) is 4.39. The number of nitrogens with one attached hydrogen (secondary N) is 1. The van der Waals surface area contributed by atoms with E-state index in [0.717, 1.165) is 5.56 Å². The quantitative estimate of drug-likeness (QED) is 0.896. The zero-order valence-electron chi connectivity index (χ0n) is 11.8. The summed E-state index contributed by atoms with van der Waals surface area (Å²) >= 11 is 0. The van der Waals surface area contributed by atoms with Gasteiger partial charge in [-0.05, 0) is 31.5 Å². The molecule has 0 fully saturated rings. The molecule has 0 radical (unpaired) electrons. The van der Waals surface area contributed by atoms with Gasteiger partial charge < -0.3 is 10.1 Å². The molecule has 104 valence electrons. The lowest BCUT2D eigenvalue weighted by molar-refractivity contribution is -0.117. The van der Waals surface area contributed by atoms with Crippen LogP contribution >= 0.6 is 0 Å². The van der Waals surface area contributed by atoms with Crippen LogP contribution in [-0.2, 0) is 4.79 Å². The van der Waals surface area contributed by atoms with E-state index >= 15 is 0 Å². The summed E-state index contributed by atoms with van der Waals surface area (Å²) in [5.41, 5.74) is 1.71. The molecule has 0 heterocycles. The smallest absolute Gasteiger partial charge is 0.231 e. The number of rotatable bonds is 5. The number of ether oxygens (including phenoxy) is 1. The fourth-order valence-electron chi connectivity index (χ4n) is 1.99.